The predicted octanol–water partition coefficient (Wildman–Crippen LogP) is 0.478. The van der Waals surface area contributed by atoms with Crippen LogP contribution in [0.5, 0.6) is 0 Å². The second kappa shape index (κ2) is 9.64. The Kier molecular flexibility index (Phi) is 8.22. The van der Waals surface area contributed by atoms with Crippen LogP contribution in [0.15, 0.2) is 24.3 Å². The molecule has 0 bridgehead atoms. The number of nitrogens with zero attached hydrogens (tertiary/aromatic N) is 2. The summed E-state index contributed by atoms with van der Waals surface area (Å²) in [7, 11) is -4.67. The highest BCUT2D eigenvalue weighted by atomic mass is 35.5. The van der Waals surface area contributed by atoms with Gasteiger partial charge >= 0.3 is 16.4 Å². The quantitative estimate of drug-likeness (QED) is 0.557. The monoisotopic (exact) mass is 380 g/mol. The summed E-state index contributed by atoms with van der Waals surface area (Å²) < 4.78 is 31.6. The van der Waals surface area contributed by atoms with Crippen molar-refractivity contribution in [2.24, 2.45) is 5.73 Å². The Morgan fingerprint density at radius 2 is 1.83 bits per heavy atom. The maximum Gasteiger partial charge on any atom is 0.394 e. The molecule has 11 heteroatoms. The van der Waals surface area contributed by atoms with Gasteiger partial charge in [0.2, 0.25) is 0 Å². The number of hydrogen-bond acceptors (Lipinski definition) is 5. The van der Waals surface area contributed by atoms with Gasteiger partial charge in [-0.15, -0.1) is 0 Å². The van der Waals surface area contributed by atoms with Crippen molar-refractivity contribution in [3.63, 3.8) is 0 Å². The molecule has 0 saturated carbocycles. The van der Waals surface area contributed by atoms with Crippen LogP contribution in [-0.2, 0) is 10.4 Å². The van der Waals surface area contributed by atoms with Crippen LogP contribution < -0.4 is 16.0 Å². The lowest BCUT2D eigenvalue weighted by molar-refractivity contribution is 0.238. The summed E-state index contributed by atoms with van der Waals surface area (Å²) in [6.07, 6.45) is 0. The molecule has 1 heterocycles. The molecule has 0 radical (unpaired) electrons. The molecular weight excluding hydrogens is 360 g/mol. The number of amides is 2. The Hall–Kier alpha value is -1.59. The first-order chi connectivity index (χ1) is 11.1. The molecular formula is C13H21ClN4O5S. The lowest BCUT2D eigenvalue weighted by atomic mass is 10.2. The van der Waals surface area contributed by atoms with Gasteiger partial charge in [0.1, 0.15) is 0 Å². The van der Waals surface area contributed by atoms with E-state index in [4.69, 9.17) is 34.9 Å². The number of rotatable bonds is 4. The lowest BCUT2D eigenvalue weighted by Gasteiger charge is -2.36. The van der Waals surface area contributed by atoms with Gasteiger partial charge in [-0.3, -0.25) is 14.0 Å². The molecule has 2 rings (SSSR count). The van der Waals surface area contributed by atoms with Crippen LogP contribution in [0.25, 0.3) is 0 Å². The maximum atomic E-state index is 10.6. The number of anilines is 1. The van der Waals surface area contributed by atoms with Gasteiger partial charge in [-0.05, 0) is 18.2 Å². The standard InChI is InChI=1S/C13H19ClN4O.H2O4S/c14-11-2-1-3-12(10-11)18-8-6-17(7-9-18)5-4-16-13(15)19;1-5(2,3)4/h1-3,10H,4-9H2,(H3,15,16,19);(H2,1,2,3,4). The fourth-order valence-corrected chi connectivity index (χ4v) is 2.42. The highest BCUT2D eigenvalue weighted by Gasteiger charge is 2.16. The molecule has 9 nitrogen and oxygen atoms in total. The molecule has 1 aromatic rings. The van der Waals surface area contributed by atoms with E-state index in [2.05, 4.69) is 21.2 Å². The molecule has 24 heavy (non-hydrogen) atoms. The number of nitrogens with two attached hydrogens (primary N) is 1. The number of carbonyl (C=O) groups excluding carboxylic acids is 1. The minimum Gasteiger partial charge on any atom is -0.369 e. The summed E-state index contributed by atoms with van der Waals surface area (Å²) in [4.78, 5) is 15.2. The van der Waals surface area contributed by atoms with Gasteiger partial charge in [0.05, 0.1) is 0 Å². The third kappa shape index (κ3) is 9.53. The number of primary amides is 1. The largest absolute Gasteiger partial charge is 0.394 e. The summed E-state index contributed by atoms with van der Waals surface area (Å²) in [6.45, 7) is 5.34. The molecule has 0 atom stereocenters. The third-order valence-electron chi connectivity index (χ3n) is 3.27. The summed E-state index contributed by atoms with van der Waals surface area (Å²) in [6, 6.07) is 7.47. The Labute approximate surface area is 145 Å². The van der Waals surface area contributed by atoms with Crippen molar-refractivity contribution in [3.8, 4) is 0 Å². The second-order valence-electron chi connectivity index (χ2n) is 5.05. The molecule has 1 aliphatic rings. The van der Waals surface area contributed by atoms with Crippen LogP contribution in [0.2, 0.25) is 5.02 Å². The van der Waals surface area contributed by atoms with E-state index in [-0.39, 0.29) is 0 Å². The molecule has 5 N–H and O–H groups in total. The molecule has 0 unspecified atom stereocenters. The highest BCUT2D eigenvalue weighted by molar-refractivity contribution is 7.79. The number of carbonyl (C=O) groups is 1. The first kappa shape index (κ1) is 20.5. The van der Waals surface area contributed by atoms with Crippen LogP contribution in [0.1, 0.15) is 0 Å². The summed E-state index contributed by atoms with van der Waals surface area (Å²) in [5.74, 6) is 0. The van der Waals surface area contributed by atoms with Gasteiger partial charge in [0.25, 0.3) is 0 Å². The van der Waals surface area contributed by atoms with E-state index in [9.17, 15) is 4.79 Å². The van der Waals surface area contributed by atoms with E-state index >= 15 is 0 Å². The topological polar surface area (TPSA) is 136 Å². The van der Waals surface area contributed by atoms with E-state index in [0.717, 1.165) is 37.7 Å². The molecule has 1 fully saturated rings. The van der Waals surface area contributed by atoms with E-state index in [1.54, 1.807) is 0 Å². The van der Waals surface area contributed by atoms with Crippen molar-refractivity contribution in [2.75, 3.05) is 44.2 Å². The van der Waals surface area contributed by atoms with Gasteiger partial charge in [-0.25, -0.2) is 4.79 Å². The zero-order valence-corrected chi connectivity index (χ0v) is 14.5. The van der Waals surface area contributed by atoms with E-state index in [1.165, 1.54) is 5.69 Å². The minimum atomic E-state index is -4.67. The van der Waals surface area contributed by atoms with Crippen LogP contribution >= 0.6 is 11.6 Å². The van der Waals surface area contributed by atoms with E-state index in [1.807, 2.05) is 18.2 Å². The Morgan fingerprint density at radius 1 is 1.25 bits per heavy atom. The smallest absolute Gasteiger partial charge is 0.369 e. The summed E-state index contributed by atoms with van der Waals surface area (Å²) in [5, 5.41) is 3.38. The zero-order chi connectivity index (χ0) is 18.2. The molecule has 136 valence electrons. The summed E-state index contributed by atoms with van der Waals surface area (Å²) >= 11 is 6.00. The molecule has 1 aromatic carbocycles. The molecule has 1 aliphatic heterocycles. The maximum absolute atomic E-state index is 10.6. The second-order valence-corrected chi connectivity index (χ2v) is 6.38. The SMILES string of the molecule is NC(=O)NCCN1CCN(c2cccc(Cl)c2)CC1.O=S(=O)(O)O. The molecule has 1 saturated heterocycles. The van der Waals surface area contributed by atoms with Crippen molar-refractivity contribution in [1.82, 2.24) is 10.2 Å². The van der Waals surface area contributed by atoms with Crippen molar-refractivity contribution in [1.29, 1.82) is 0 Å². The van der Waals surface area contributed by atoms with Crippen LogP contribution in [-0.4, -0.2) is 67.7 Å². The number of nitrogens with one attached hydrogen (secondary N) is 1. The number of urea groups is 1. The van der Waals surface area contributed by atoms with Crippen LogP contribution in [0.4, 0.5) is 10.5 Å². The number of benzene rings is 1. The molecule has 0 aliphatic carbocycles. The van der Waals surface area contributed by atoms with Gasteiger partial charge in [-0.1, -0.05) is 17.7 Å². The average molecular weight is 381 g/mol. The lowest BCUT2D eigenvalue weighted by Crippen LogP contribution is -2.48. The number of halogens is 1. The van der Waals surface area contributed by atoms with E-state index in [0.29, 0.717) is 6.54 Å². The average Bonchev–Trinajstić information content (AvgIpc) is 2.46. The Bertz CT molecular complexity index is 627. The van der Waals surface area contributed by atoms with Gasteiger partial charge in [0.15, 0.2) is 0 Å². The van der Waals surface area contributed by atoms with Crippen LogP contribution in [0.3, 0.4) is 0 Å². The van der Waals surface area contributed by atoms with Crippen LogP contribution in [0, 0.1) is 0 Å². The first-order valence-electron chi connectivity index (χ1n) is 7.11. The molecule has 0 aromatic heterocycles. The fraction of sp³-hybridized carbons (Fsp3) is 0.462. The van der Waals surface area contributed by atoms with Gasteiger partial charge in [0, 0.05) is 50.0 Å². The number of piperazine rings is 1. The van der Waals surface area contributed by atoms with Gasteiger partial charge in [-0.2, -0.15) is 8.42 Å². The van der Waals surface area contributed by atoms with Crippen molar-refractivity contribution < 1.29 is 22.3 Å². The normalized spacial score (nSPS) is 15.4. The summed E-state index contributed by atoms with van der Waals surface area (Å²) in [5.41, 5.74) is 6.20. The minimum absolute atomic E-state index is 0.461. The van der Waals surface area contributed by atoms with Crippen molar-refractivity contribution in [2.45, 2.75) is 0 Å². The zero-order valence-electron chi connectivity index (χ0n) is 12.9. The fourth-order valence-electron chi connectivity index (χ4n) is 2.24. The highest BCUT2D eigenvalue weighted by Crippen LogP contribution is 2.20. The Balaban J connectivity index is 0.000000505. The molecule has 2 amide bonds. The van der Waals surface area contributed by atoms with Crippen molar-refractivity contribution >= 4 is 33.7 Å². The number of hydrogen-bond donors (Lipinski definition) is 4. The predicted molar refractivity (Wildman–Crippen MR) is 91.9 cm³/mol. The van der Waals surface area contributed by atoms with Gasteiger partial charge < -0.3 is 16.0 Å². The first-order valence-corrected chi connectivity index (χ1v) is 8.88. The van der Waals surface area contributed by atoms with E-state index < -0.39 is 16.4 Å². The Morgan fingerprint density at radius 3 is 2.33 bits per heavy atom. The third-order valence-corrected chi connectivity index (χ3v) is 3.51. The van der Waals surface area contributed by atoms with Crippen molar-refractivity contribution in [3.05, 3.63) is 29.3 Å². The molecule has 0 spiro atoms.